The minimum atomic E-state index is -1.39. The molecule has 1 aromatic heterocycles. The summed E-state index contributed by atoms with van der Waals surface area (Å²) in [5.41, 5.74) is 23.8. The SMILES string of the molecule is Cc1cc(-c2ccc(C(C)(C)C)cc2)nc(C)c1C(=O)NC(CCN)C(=O)N(C)[C@@H]1C(=O)N[C@@H](C)C(=O)N[C@H](C(=O)NCC#N)Cc2ccc(OCCN)c(c2)-c2cc1ccc2OCCN. The number of nitrogens with two attached hydrogens (primary N) is 3. The lowest BCUT2D eigenvalue weighted by Gasteiger charge is -2.32. The number of pyridine rings is 1. The molecule has 3 aromatic carbocycles. The van der Waals surface area contributed by atoms with Crippen molar-refractivity contribution in [3.05, 3.63) is 100 Å². The van der Waals surface area contributed by atoms with Crippen LogP contribution in [-0.4, -0.2) is 104 Å². The van der Waals surface area contributed by atoms with Gasteiger partial charge in [-0.2, -0.15) is 5.26 Å². The van der Waals surface area contributed by atoms with Crippen molar-refractivity contribution in [3.8, 4) is 40.0 Å². The number of likely N-dealkylation sites (N-methyl/N-ethyl adjacent to an activating group) is 1. The first-order valence-electron chi connectivity index (χ1n) is 22.0. The van der Waals surface area contributed by atoms with Gasteiger partial charge in [0.25, 0.3) is 5.91 Å². The fourth-order valence-corrected chi connectivity index (χ4v) is 7.82. The molecule has 1 unspecified atom stereocenters. The number of amides is 5. The van der Waals surface area contributed by atoms with Crippen LogP contribution in [0.25, 0.3) is 22.4 Å². The molecule has 0 aliphatic carbocycles. The molecule has 17 heteroatoms. The summed E-state index contributed by atoms with van der Waals surface area (Å²) in [6.07, 6.45) is 0.0259. The molecule has 66 heavy (non-hydrogen) atoms. The molecule has 4 bridgehead atoms. The lowest BCUT2D eigenvalue weighted by atomic mass is 9.86. The van der Waals surface area contributed by atoms with Crippen LogP contribution < -0.4 is 47.9 Å². The largest absolute Gasteiger partial charge is 0.492 e. The van der Waals surface area contributed by atoms with E-state index in [0.717, 1.165) is 5.56 Å². The van der Waals surface area contributed by atoms with Crippen molar-refractivity contribution in [2.45, 2.75) is 84.0 Å². The molecule has 5 rings (SSSR count). The summed E-state index contributed by atoms with van der Waals surface area (Å²) in [7, 11) is 1.43. The van der Waals surface area contributed by atoms with Gasteiger partial charge in [0, 0.05) is 43.2 Å². The normalized spacial score (nSPS) is 16.7. The van der Waals surface area contributed by atoms with Crippen LogP contribution in [-0.2, 0) is 31.0 Å². The predicted octanol–water partition coefficient (Wildman–Crippen LogP) is 2.84. The number of hydrogen-bond donors (Lipinski definition) is 7. The zero-order valence-corrected chi connectivity index (χ0v) is 38.7. The van der Waals surface area contributed by atoms with Crippen molar-refractivity contribution in [2.75, 3.05) is 46.4 Å². The number of nitrogens with zero attached hydrogens (tertiary/aromatic N) is 3. The molecule has 2 heterocycles. The summed E-state index contributed by atoms with van der Waals surface area (Å²) in [4.78, 5) is 76.6. The number of carbonyl (C=O) groups is 5. The van der Waals surface area contributed by atoms with E-state index in [1.807, 2.05) is 24.3 Å². The third kappa shape index (κ3) is 12.1. The Hall–Kier alpha value is -6.87. The molecule has 17 nitrogen and oxygen atoms in total. The third-order valence-corrected chi connectivity index (χ3v) is 11.3. The minimum absolute atomic E-state index is 0.00530. The summed E-state index contributed by atoms with van der Waals surface area (Å²) in [5.74, 6) is -2.46. The maximum Gasteiger partial charge on any atom is 0.254 e. The molecule has 1 aliphatic rings. The molecule has 0 saturated heterocycles. The Kier molecular flexibility index (Phi) is 17.0. The average Bonchev–Trinajstić information content (AvgIpc) is 3.28. The predicted molar refractivity (Wildman–Crippen MR) is 251 cm³/mol. The van der Waals surface area contributed by atoms with Gasteiger partial charge >= 0.3 is 0 Å². The monoisotopic (exact) mass is 902 g/mol. The van der Waals surface area contributed by atoms with Crippen molar-refractivity contribution in [2.24, 2.45) is 17.2 Å². The molecule has 0 saturated carbocycles. The number of aryl methyl sites for hydroxylation is 2. The Morgan fingerprint density at radius 3 is 2.12 bits per heavy atom. The summed E-state index contributed by atoms with van der Waals surface area (Å²) < 4.78 is 12.2. The summed E-state index contributed by atoms with van der Waals surface area (Å²) >= 11 is 0. The lowest BCUT2D eigenvalue weighted by molar-refractivity contribution is -0.141. The number of fused-ring (bicyclic) bond motifs is 5. The highest BCUT2D eigenvalue weighted by molar-refractivity contribution is 6.01. The Morgan fingerprint density at radius 1 is 0.894 bits per heavy atom. The second kappa shape index (κ2) is 22.4. The second-order valence-electron chi connectivity index (χ2n) is 17.3. The number of rotatable bonds is 15. The van der Waals surface area contributed by atoms with Crippen molar-refractivity contribution in [3.63, 3.8) is 0 Å². The molecule has 0 spiro atoms. The van der Waals surface area contributed by atoms with E-state index in [2.05, 4.69) is 54.2 Å². The van der Waals surface area contributed by atoms with Crippen molar-refractivity contribution < 1.29 is 33.4 Å². The number of benzene rings is 3. The van der Waals surface area contributed by atoms with E-state index >= 15 is 0 Å². The lowest BCUT2D eigenvalue weighted by Crippen LogP contribution is -2.56. The Labute approximate surface area is 386 Å². The molecular formula is C49H62N10O7. The minimum Gasteiger partial charge on any atom is -0.492 e. The van der Waals surface area contributed by atoms with E-state index in [4.69, 9.17) is 31.7 Å². The van der Waals surface area contributed by atoms with Crippen molar-refractivity contribution >= 4 is 29.5 Å². The number of nitriles is 1. The maximum atomic E-state index is 14.7. The first-order chi connectivity index (χ1) is 31.4. The fourth-order valence-electron chi connectivity index (χ4n) is 7.82. The van der Waals surface area contributed by atoms with Gasteiger partial charge < -0.3 is 52.8 Å². The van der Waals surface area contributed by atoms with Crippen molar-refractivity contribution in [1.82, 2.24) is 31.2 Å². The van der Waals surface area contributed by atoms with E-state index in [1.54, 1.807) is 50.2 Å². The van der Waals surface area contributed by atoms with Gasteiger partial charge in [-0.25, -0.2) is 0 Å². The van der Waals surface area contributed by atoms with Gasteiger partial charge in [-0.1, -0.05) is 57.2 Å². The fraction of sp³-hybridized carbons (Fsp3) is 0.408. The molecule has 350 valence electrons. The maximum absolute atomic E-state index is 14.7. The van der Waals surface area contributed by atoms with E-state index in [-0.39, 0.29) is 57.6 Å². The van der Waals surface area contributed by atoms with E-state index in [1.165, 1.54) is 24.4 Å². The quantitative estimate of drug-likeness (QED) is 0.0850. The van der Waals surface area contributed by atoms with Crippen LogP contribution in [0.4, 0.5) is 0 Å². The zero-order chi connectivity index (χ0) is 48.3. The van der Waals surface area contributed by atoms with E-state index < -0.39 is 53.7 Å². The molecule has 0 radical (unpaired) electrons. The first kappa shape index (κ1) is 50.1. The van der Waals surface area contributed by atoms with E-state index in [9.17, 15) is 29.2 Å². The third-order valence-electron chi connectivity index (χ3n) is 11.3. The number of aromatic nitrogens is 1. The highest BCUT2D eigenvalue weighted by Crippen LogP contribution is 2.40. The topological polar surface area (TPSA) is 270 Å². The van der Waals surface area contributed by atoms with Gasteiger partial charge in [-0.15, -0.1) is 0 Å². The van der Waals surface area contributed by atoms with Gasteiger partial charge in [0.2, 0.25) is 23.6 Å². The highest BCUT2D eigenvalue weighted by Gasteiger charge is 2.36. The van der Waals surface area contributed by atoms with Crippen LogP contribution in [0.5, 0.6) is 11.5 Å². The summed E-state index contributed by atoms with van der Waals surface area (Å²) in [6, 6.07) is 17.1. The van der Waals surface area contributed by atoms with Gasteiger partial charge in [0.1, 0.15) is 55.4 Å². The number of hydrogen-bond acceptors (Lipinski definition) is 12. The molecule has 1 aliphatic heterocycles. The Balaban J connectivity index is 1.57. The molecule has 4 atom stereocenters. The molecule has 10 N–H and O–H groups in total. The first-order valence-corrected chi connectivity index (χ1v) is 22.0. The van der Waals surface area contributed by atoms with Crippen LogP contribution in [0.1, 0.15) is 78.5 Å². The molecule has 5 amide bonds. The standard InChI is InChI=1S/C49H62N10O7/c1-28-24-38(32-9-12-34(13-10-32)49(4,5)6)55-29(2)42(28)46(62)57-37(16-17-50)48(64)59(7)43-33-11-15-41(66-23-20-53)36(27-33)35-25-31(8-14-40(35)65-22-19-52)26-39(45(61)54-21-18-51)58-44(60)30(3)56-47(43)63/h8-15,24-25,27,30,37,39,43H,16-17,19-23,26,50,52-53H2,1-7H3,(H,54,61)(H,56,63)(H,57,62)(H,58,60)/t30-,37?,39-,43-/m0/s1. The smallest absolute Gasteiger partial charge is 0.254 e. The summed E-state index contributed by atoms with van der Waals surface area (Å²) in [6.45, 7) is 11.8. The van der Waals surface area contributed by atoms with Gasteiger partial charge in [-0.05, 0) is 91.7 Å². The Morgan fingerprint density at radius 2 is 1.53 bits per heavy atom. The molecular weight excluding hydrogens is 841 g/mol. The van der Waals surface area contributed by atoms with Crippen LogP contribution in [0, 0.1) is 25.2 Å². The van der Waals surface area contributed by atoms with Crippen molar-refractivity contribution in [1.29, 1.82) is 5.26 Å². The Bertz CT molecular complexity index is 2440. The molecule has 4 aromatic rings. The van der Waals surface area contributed by atoms with Gasteiger partial charge in [0.15, 0.2) is 0 Å². The molecule has 0 fully saturated rings. The van der Waals surface area contributed by atoms with E-state index in [0.29, 0.717) is 56.3 Å². The number of ether oxygens (including phenoxy) is 2. The van der Waals surface area contributed by atoms with Crippen LogP contribution in [0.2, 0.25) is 0 Å². The number of nitrogens with one attached hydrogen (secondary N) is 4. The van der Waals surface area contributed by atoms with Gasteiger partial charge in [0.05, 0.1) is 23.0 Å². The highest BCUT2D eigenvalue weighted by atomic mass is 16.5. The summed E-state index contributed by atoms with van der Waals surface area (Å²) in [5, 5.41) is 20.0. The zero-order valence-electron chi connectivity index (χ0n) is 38.7. The average molecular weight is 903 g/mol. The second-order valence-corrected chi connectivity index (χ2v) is 17.3. The van der Waals surface area contributed by atoms with Crippen LogP contribution in [0.3, 0.4) is 0 Å². The van der Waals surface area contributed by atoms with Crippen LogP contribution >= 0.6 is 0 Å². The van der Waals surface area contributed by atoms with Gasteiger partial charge in [-0.3, -0.25) is 29.0 Å². The number of carbonyl (C=O) groups excluding carboxylic acids is 5. The van der Waals surface area contributed by atoms with Crippen LogP contribution in [0.15, 0.2) is 66.7 Å².